The minimum Gasteiger partial charge on any atom is -0.351 e. The molecule has 3 heteroatoms. The van der Waals surface area contributed by atoms with Crippen LogP contribution >= 0.6 is 0 Å². The molecule has 2 nitrogen and oxygen atoms in total. The fourth-order valence-corrected chi connectivity index (χ4v) is 0.621. The topological polar surface area (TPSA) is 29.1 Å². The first kappa shape index (κ1) is 10.4. The number of alkyl halides is 1. The van der Waals surface area contributed by atoms with E-state index in [1.807, 2.05) is 13.8 Å². The molecule has 0 aliphatic rings. The van der Waals surface area contributed by atoms with Crippen LogP contribution in [0.15, 0.2) is 0 Å². The van der Waals surface area contributed by atoms with Gasteiger partial charge in [-0.1, -0.05) is 13.8 Å². The average molecular weight is 161 g/mol. The number of hydrogen-bond acceptors (Lipinski definition) is 1. The zero-order chi connectivity index (χ0) is 8.85. The van der Waals surface area contributed by atoms with Gasteiger partial charge in [0.25, 0.3) is 5.91 Å². The Morgan fingerprint density at radius 2 is 2.00 bits per heavy atom. The van der Waals surface area contributed by atoms with E-state index in [-0.39, 0.29) is 12.5 Å². The normalized spacial score (nSPS) is 15.6. The van der Waals surface area contributed by atoms with Gasteiger partial charge in [0.1, 0.15) is 0 Å². The van der Waals surface area contributed by atoms with Crippen molar-refractivity contribution in [1.82, 2.24) is 5.32 Å². The second-order valence-electron chi connectivity index (χ2n) is 2.69. The van der Waals surface area contributed by atoms with E-state index in [4.69, 9.17) is 0 Å². The third-order valence-corrected chi connectivity index (χ3v) is 1.64. The fraction of sp³-hybridized carbons (Fsp3) is 0.875. The van der Waals surface area contributed by atoms with Crippen LogP contribution in [0, 0.1) is 0 Å². The highest BCUT2D eigenvalue weighted by molar-refractivity contribution is 5.80. The lowest BCUT2D eigenvalue weighted by atomic mass is 10.2. The molecule has 0 aliphatic carbocycles. The summed E-state index contributed by atoms with van der Waals surface area (Å²) in [5.41, 5.74) is 0. The summed E-state index contributed by atoms with van der Waals surface area (Å²) in [6.07, 6.45) is -0.256. The molecule has 0 saturated carbocycles. The quantitative estimate of drug-likeness (QED) is 0.667. The molecule has 0 aromatic carbocycles. The molecule has 0 unspecified atom stereocenters. The van der Waals surface area contributed by atoms with Crippen LogP contribution in [0.5, 0.6) is 0 Å². The lowest BCUT2D eigenvalue weighted by Crippen LogP contribution is -2.37. The molecule has 0 aromatic rings. The summed E-state index contributed by atoms with van der Waals surface area (Å²) in [6, 6.07) is 0.0762. The summed E-state index contributed by atoms with van der Waals surface area (Å²) in [7, 11) is 0. The molecular formula is C8H16FNO. The molecule has 0 aliphatic heterocycles. The molecular weight excluding hydrogens is 145 g/mol. The second kappa shape index (κ2) is 5.10. The van der Waals surface area contributed by atoms with E-state index in [0.717, 1.165) is 6.42 Å². The Bertz CT molecular complexity index is 127. The number of amides is 1. The van der Waals surface area contributed by atoms with Crippen molar-refractivity contribution in [3.8, 4) is 0 Å². The van der Waals surface area contributed by atoms with Crippen LogP contribution in [0.4, 0.5) is 4.39 Å². The van der Waals surface area contributed by atoms with E-state index in [9.17, 15) is 9.18 Å². The van der Waals surface area contributed by atoms with Crippen molar-refractivity contribution in [3.05, 3.63) is 0 Å². The first-order valence-electron chi connectivity index (χ1n) is 4.06. The molecule has 0 aromatic heterocycles. The van der Waals surface area contributed by atoms with Gasteiger partial charge in [0, 0.05) is 6.04 Å². The van der Waals surface area contributed by atoms with Crippen LogP contribution in [-0.2, 0) is 4.79 Å². The van der Waals surface area contributed by atoms with Crippen molar-refractivity contribution in [3.63, 3.8) is 0 Å². The Morgan fingerprint density at radius 3 is 2.36 bits per heavy atom. The number of nitrogens with one attached hydrogen (secondary N) is 1. The van der Waals surface area contributed by atoms with Crippen molar-refractivity contribution in [2.24, 2.45) is 0 Å². The first-order chi connectivity index (χ1) is 5.11. The summed E-state index contributed by atoms with van der Waals surface area (Å²) in [5.74, 6) is -0.484. The highest BCUT2D eigenvalue weighted by Gasteiger charge is 2.15. The Hall–Kier alpha value is -0.600. The van der Waals surface area contributed by atoms with Crippen molar-refractivity contribution >= 4 is 5.91 Å². The highest BCUT2D eigenvalue weighted by Crippen LogP contribution is 1.98. The molecule has 0 heterocycles. The minimum atomic E-state index is -1.34. The summed E-state index contributed by atoms with van der Waals surface area (Å²) in [6.45, 7) is 5.46. The Kier molecular flexibility index (Phi) is 4.83. The Labute approximate surface area is 67.2 Å². The molecule has 0 saturated heterocycles. The predicted molar refractivity (Wildman–Crippen MR) is 43.1 cm³/mol. The van der Waals surface area contributed by atoms with E-state index < -0.39 is 12.1 Å². The highest BCUT2D eigenvalue weighted by atomic mass is 19.1. The third kappa shape index (κ3) is 3.96. The maximum absolute atomic E-state index is 12.6. The zero-order valence-corrected chi connectivity index (χ0v) is 7.36. The van der Waals surface area contributed by atoms with Gasteiger partial charge in [-0.3, -0.25) is 4.79 Å². The van der Waals surface area contributed by atoms with Crippen LogP contribution in [0.2, 0.25) is 0 Å². The monoisotopic (exact) mass is 161 g/mol. The van der Waals surface area contributed by atoms with Gasteiger partial charge in [-0.05, 0) is 19.8 Å². The van der Waals surface area contributed by atoms with Crippen molar-refractivity contribution in [2.75, 3.05) is 0 Å². The van der Waals surface area contributed by atoms with Crippen LogP contribution in [0.1, 0.15) is 33.6 Å². The third-order valence-electron chi connectivity index (χ3n) is 1.64. The molecule has 0 spiro atoms. The van der Waals surface area contributed by atoms with Gasteiger partial charge >= 0.3 is 0 Å². The van der Waals surface area contributed by atoms with Gasteiger partial charge in [0.2, 0.25) is 0 Å². The van der Waals surface area contributed by atoms with E-state index in [0.29, 0.717) is 0 Å². The number of carbonyl (C=O) groups excluding carboxylic acids is 1. The molecule has 11 heavy (non-hydrogen) atoms. The molecule has 0 fully saturated rings. The predicted octanol–water partition coefficient (Wildman–Crippen LogP) is 1.65. The molecule has 0 radical (unpaired) electrons. The Balaban J connectivity index is 3.68. The van der Waals surface area contributed by atoms with Gasteiger partial charge in [-0.15, -0.1) is 0 Å². The van der Waals surface area contributed by atoms with Gasteiger partial charge in [-0.25, -0.2) is 4.39 Å². The Morgan fingerprint density at radius 1 is 1.45 bits per heavy atom. The molecule has 0 bridgehead atoms. The summed E-state index contributed by atoms with van der Waals surface area (Å²) < 4.78 is 12.6. The molecule has 1 N–H and O–H groups in total. The van der Waals surface area contributed by atoms with Gasteiger partial charge in [0.05, 0.1) is 0 Å². The zero-order valence-electron chi connectivity index (χ0n) is 7.36. The van der Waals surface area contributed by atoms with Crippen LogP contribution < -0.4 is 5.32 Å². The summed E-state index contributed by atoms with van der Waals surface area (Å²) >= 11 is 0. The SMILES string of the molecule is CC[C@@H](F)C(=O)N[C@@H](C)CC. The number of rotatable bonds is 4. The standard InChI is InChI=1S/C8H16FNO/c1-4-6(3)10-8(11)7(9)5-2/h6-7H,4-5H2,1-3H3,(H,10,11)/t6-,7+/m0/s1. The summed E-state index contributed by atoms with van der Waals surface area (Å²) in [5, 5.41) is 2.57. The lowest BCUT2D eigenvalue weighted by Gasteiger charge is -2.12. The van der Waals surface area contributed by atoms with Crippen molar-refractivity contribution in [2.45, 2.75) is 45.8 Å². The molecule has 2 atom stereocenters. The number of carbonyl (C=O) groups is 1. The number of halogens is 1. The fourth-order valence-electron chi connectivity index (χ4n) is 0.621. The number of hydrogen-bond donors (Lipinski definition) is 1. The average Bonchev–Trinajstić information content (AvgIpc) is 2.02. The minimum absolute atomic E-state index is 0.0762. The maximum Gasteiger partial charge on any atom is 0.254 e. The van der Waals surface area contributed by atoms with Crippen molar-refractivity contribution in [1.29, 1.82) is 0 Å². The first-order valence-corrected chi connectivity index (χ1v) is 4.06. The molecule has 66 valence electrons. The van der Waals surface area contributed by atoms with Crippen LogP contribution in [0.25, 0.3) is 0 Å². The second-order valence-corrected chi connectivity index (χ2v) is 2.69. The van der Waals surface area contributed by atoms with Crippen LogP contribution in [0.3, 0.4) is 0 Å². The van der Waals surface area contributed by atoms with Gasteiger partial charge in [0.15, 0.2) is 6.17 Å². The van der Waals surface area contributed by atoms with E-state index in [2.05, 4.69) is 5.32 Å². The van der Waals surface area contributed by atoms with E-state index in [1.165, 1.54) is 0 Å². The van der Waals surface area contributed by atoms with Gasteiger partial charge in [-0.2, -0.15) is 0 Å². The van der Waals surface area contributed by atoms with E-state index >= 15 is 0 Å². The molecule has 1 amide bonds. The molecule has 0 rings (SSSR count). The maximum atomic E-state index is 12.6. The lowest BCUT2D eigenvalue weighted by molar-refractivity contribution is -0.126. The van der Waals surface area contributed by atoms with Crippen molar-refractivity contribution < 1.29 is 9.18 Å². The summed E-state index contributed by atoms with van der Waals surface area (Å²) in [4.78, 5) is 10.9. The van der Waals surface area contributed by atoms with E-state index in [1.54, 1.807) is 6.92 Å². The van der Waals surface area contributed by atoms with Crippen LogP contribution in [-0.4, -0.2) is 18.1 Å². The largest absolute Gasteiger partial charge is 0.351 e. The smallest absolute Gasteiger partial charge is 0.254 e. The van der Waals surface area contributed by atoms with Gasteiger partial charge < -0.3 is 5.32 Å².